The topological polar surface area (TPSA) is 98.9 Å². The van der Waals surface area contributed by atoms with Crippen LogP contribution in [-0.2, 0) is 4.79 Å². The van der Waals surface area contributed by atoms with E-state index in [1.807, 2.05) is 0 Å². The summed E-state index contributed by atoms with van der Waals surface area (Å²) in [6.07, 6.45) is -2.68. The maximum Gasteiger partial charge on any atom is 0.378 e. The van der Waals surface area contributed by atoms with Crippen molar-refractivity contribution >= 4 is 11.7 Å². The number of nitro groups is 1. The Morgan fingerprint density at radius 3 is 2.71 bits per heavy atom. The molecule has 0 aromatic heterocycles. The van der Waals surface area contributed by atoms with Crippen molar-refractivity contribution in [1.82, 2.24) is 0 Å². The van der Waals surface area contributed by atoms with Gasteiger partial charge in [-0.15, -0.1) is 0 Å². The smallest absolute Gasteiger partial charge is 0.378 e. The first-order valence-corrected chi connectivity index (χ1v) is 4.31. The van der Waals surface area contributed by atoms with Crippen molar-refractivity contribution in [2.75, 3.05) is 7.11 Å². The quantitative estimate of drug-likeness (QED) is 0.621. The van der Waals surface area contributed by atoms with Crippen LogP contribution < -0.4 is 9.47 Å². The zero-order valence-electron chi connectivity index (χ0n) is 8.62. The molecule has 1 atom stereocenters. The van der Waals surface area contributed by atoms with Crippen LogP contribution in [0.2, 0.25) is 0 Å². The Kier molecular flexibility index (Phi) is 3.81. The summed E-state index contributed by atoms with van der Waals surface area (Å²) in [5, 5.41) is 18.9. The van der Waals surface area contributed by atoms with E-state index in [0.29, 0.717) is 0 Å². The van der Waals surface area contributed by atoms with E-state index >= 15 is 0 Å². The molecule has 0 saturated heterocycles. The summed E-state index contributed by atoms with van der Waals surface area (Å²) in [6, 6.07) is 3.34. The Morgan fingerprint density at radius 2 is 2.24 bits per heavy atom. The Labute approximate surface area is 94.5 Å². The number of benzene rings is 1. The lowest BCUT2D eigenvalue weighted by Crippen LogP contribution is -2.21. The van der Waals surface area contributed by atoms with Gasteiger partial charge in [-0.1, -0.05) is 0 Å². The molecule has 1 aromatic rings. The number of methoxy groups -OCH3 is 1. The van der Waals surface area contributed by atoms with E-state index in [4.69, 9.17) is 9.84 Å². The van der Waals surface area contributed by atoms with Gasteiger partial charge in [0.2, 0.25) is 5.75 Å². The van der Waals surface area contributed by atoms with Crippen molar-refractivity contribution in [3.8, 4) is 11.5 Å². The fourth-order valence-electron chi connectivity index (χ4n) is 1.03. The molecule has 0 aliphatic rings. The van der Waals surface area contributed by atoms with Gasteiger partial charge in [0.25, 0.3) is 0 Å². The number of rotatable bonds is 5. The van der Waals surface area contributed by atoms with Crippen molar-refractivity contribution in [3.05, 3.63) is 28.3 Å². The number of nitrogens with zero attached hydrogens (tertiary/aromatic N) is 1. The Morgan fingerprint density at radius 1 is 1.59 bits per heavy atom. The molecule has 0 saturated carbocycles. The van der Waals surface area contributed by atoms with Crippen LogP contribution in [0, 0.1) is 10.1 Å². The van der Waals surface area contributed by atoms with E-state index in [1.165, 1.54) is 13.2 Å². The molecule has 92 valence electrons. The maximum atomic E-state index is 12.8. The van der Waals surface area contributed by atoms with Crippen LogP contribution in [0.3, 0.4) is 0 Å². The van der Waals surface area contributed by atoms with Crippen LogP contribution in [0.1, 0.15) is 0 Å². The molecule has 0 aliphatic carbocycles. The van der Waals surface area contributed by atoms with Gasteiger partial charge in [-0.2, -0.15) is 4.39 Å². The molecule has 0 amide bonds. The number of carboxylic acids is 1. The van der Waals surface area contributed by atoms with Gasteiger partial charge in [0.15, 0.2) is 0 Å². The van der Waals surface area contributed by atoms with E-state index in [0.717, 1.165) is 12.1 Å². The largest absolute Gasteiger partial charge is 0.497 e. The van der Waals surface area contributed by atoms with Gasteiger partial charge >= 0.3 is 18.0 Å². The number of nitro benzene ring substituents is 1. The van der Waals surface area contributed by atoms with Crippen molar-refractivity contribution in [3.63, 3.8) is 0 Å². The van der Waals surface area contributed by atoms with Gasteiger partial charge in [-0.25, -0.2) is 4.79 Å². The molecule has 0 heterocycles. The molecule has 0 radical (unpaired) electrons. The molecule has 0 bridgehead atoms. The fraction of sp³-hybridized carbons (Fsp3) is 0.222. The zero-order valence-corrected chi connectivity index (χ0v) is 8.62. The Hall–Kier alpha value is -2.38. The molecule has 0 aliphatic heterocycles. The van der Waals surface area contributed by atoms with E-state index in [9.17, 15) is 19.3 Å². The first-order valence-electron chi connectivity index (χ1n) is 4.31. The van der Waals surface area contributed by atoms with Crippen LogP contribution in [-0.4, -0.2) is 29.5 Å². The van der Waals surface area contributed by atoms with E-state index in [-0.39, 0.29) is 5.75 Å². The summed E-state index contributed by atoms with van der Waals surface area (Å²) in [4.78, 5) is 20.0. The first kappa shape index (κ1) is 12.7. The summed E-state index contributed by atoms with van der Waals surface area (Å²) in [5.41, 5.74) is -0.547. The third kappa shape index (κ3) is 3.03. The standard InChI is InChI=1S/C9H8FNO6/c1-16-5-2-3-6(11(14)15)7(4-5)17-8(10)9(12)13/h2-4,8H,1H3,(H,12,13). The van der Waals surface area contributed by atoms with Gasteiger partial charge in [0.1, 0.15) is 5.75 Å². The molecule has 1 unspecified atom stereocenters. The normalized spacial score (nSPS) is 11.6. The number of hydrogen-bond acceptors (Lipinski definition) is 5. The second-order valence-electron chi connectivity index (χ2n) is 2.86. The number of aliphatic carboxylic acids is 1. The molecule has 1 N–H and O–H groups in total. The fourth-order valence-corrected chi connectivity index (χ4v) is 1.03. The molecule has 1 rings (SSSR count). The van der Waals surface area contributed by atoms with Crippen molar-refractivity contribution in [2.45, 2.75) is 6.36 Å². The number of alkyl halides is 1. The second kappa shape index (κ2) is 5.10. The highest BCUT2D eigenvalue weighted by molar-refractivity contribution is 5.71. The molecule has 1 aromatic carbocycles. The second-order valence-corrected chi connectivity index (χ2v) is 2.86. The average molecular weight is 245 g/mol. The van der Waals surface area contributed by atoms with Gasteiger partial charge in [0.05, 0.1) is 12.0 Å². The summed E-state index contributed by atoms with van der Waals surface area (Å²) in [7, 11) is 1.30. The third-order valence-electron chi connectivity index (χ3n) is 1.79. The van der Waals surface area contributed by atoms with Crippen LogP contribution in [0.4, 0.5) is 10.1 Å². The number of hydrogen-bond donors (Lipinski definition) is 1. The highest BCUT2D eigenvalue weighted by atomic mass is 19.1. The van der Waals surface area contributed by atoms with Crippen LogP contribution in [0.15, 0.2) is 18.2 Å². The van der Waals surface area contributed by atoms with Crippen molar-refractivity contribution < 1.29 is 28.7 Å². The van der Waals surface area contributed by atoms with Crippen LogP contribution in [0.5, 0.6) is 11.5 Å². The lowest BCUT2D eigenvalue weighted by Gasteiger charge is -2.09. The van der Waals surface area contributed by atoms with Crippen molar-refractivity contribution in [2.24, 2.45) is 0 Å². The molecule has 0 fully saturated rings. The van der Waals surface area contributed by atoms with Gasteiger partial charge in [0, 0.05) is 12.1 Å². The monoisotopic (exact) mass is 245 g/mol. The highest BCUT2D eigenvalue weighted by Crippen LogP contribution is 2.31. The van der Waals surface area contributed by atoms with E-state index in [1.54, 1.807) is 0 Å². The number of carbonyl (C=O) groups is 1. The number of halogens is 1. The molecule has 0 spiro atoms. The SMILES string of the molecule is COc1ccc([N+](=O)[O-])c(OC(F)C(=O)O)c1. The number of carboxylic acid groups (broad SMARTS) is 1. The zero-order chi connectivity index (χ0) is 13.0. The summed E-state index contributed by atoms with van der Waals surface area (Å²) >= 11 is 0. The predicted molar refractivity (Wildman–Crippen MR) is 52.8 cm³/mol. The van der Waals surface area contributed by atoms with Crippen LogP contribution in [0.25, 0.3) is 0 Å². The Balaban J connectivity index is 3.09. The molecule has 7 nitrogen and oxygen atoms in total. The minimum absolute atomic E-state index is 0.184. The molecular formula is C9H8FNO6. The summed E-state index contributed by atoms with van der Waals surface area (Å²) in [6.45, 7) is 0. The minimum Gasteiger partial charge on any atom is -0.497 e. The highest BCUT2D eigenvalue weighted by Gasteiger charge is 2.23. The lowest BCUT2D eigenvalue weighted by atomic mass is 10.3. The number of ether oxygens (including phenoxy) is 2. The first-order chi connectivity index (χ1) is 7.95. The molecular weight excluding hydrogens is 237 g/mol. The maximum absolute atomic E-state index is 12.8. The van der Waals surface area contributed by atoms with Crippen LogP contribution >= 0.6 is 0 Å². The molecule has 8 heteroatoms. The average Bonchev–Trinajstić information content (AvgIpc) is 2.28. The minimum atomic E-state index is -2.68. The summed E-state index contributed by atoms with van der Waals surface area (Å²) < 4.78 is 21.9. The van der Waals surface area contributed by atoms with Gasteiger partial charge < -0.3 is 14.6 Å². The van der Waals surface area contributed by atoms with Gasteiger partial charge in [-0.05, 0) is 6.07 Å². The summed E-state index contributed by atoms with van der Waals surface area (Å²) in [5.74, 6) is -2.20. The van der Waals surface area contributed by atoms with E-state index < -0.39 is 28.7 Å². The third-order valence-corrected chi connectivity index (χ3v) is 1.79. The predicted octanol–water partition coefficient (Wildman–Crippen LogP) is 1.36. The molecule has 17 heavy (non-hydrogen) atoms. The van der Waals surface area contributed by atoms with E-state index in [2.05, 4.69) is 4.74 Å². The van der Waals surface area contributed by atoms with Gasteiger partial charge in [-0.3, -0.25) is 10.1 Å². The van der Waals surface area contributed by atoms with Crippen molar-refractivity contribution in [1.29, 1.82) is 0 Å². The lowest BCUT2D eigenvalue weighted by molar-refractivity contribution is -0.386. The Bertz CT molecular complexity index is 449.